The number of carbonyl (C=O) groups excluding carboxylic acids is 3. The van der Waals surface area contributed by atoms with Crippen LogP contribution in [-0.2, 0) is 9.53 Å². The minimum Gasteiger partial charge on any atom is -0.446 e. The van der Waals surface area contributed by atoms with E-state index in [0.29, 0.717) is 10.5 Å². The van der Waals surface area contributed by atoms with Crippen molar-refractivity contribution in [3.05, 3.63) is 70.8 Å². The van der Waals surface area contributed by atoms with Crippen molar-refractivity contribution in [3.8, 4) is 0 Å². The number of rotatable bonds is 4. The van der Waals surface area contributed by atoms with Gasteiger partial charge in [0.05, 0.1) is 11.1 Å². The van der Waals surface area contributed by atoms with Gasteiger partial charge in [-0.15, -0.1) is 0 Å². The van der Waals surface area contributed by atoms with Crippen LogP contribution in [0.3, 0.4) is 0 Å². The third kappa shape index (κ3) is 3.55. The van der Waals surface area contributed by atoms with Gasteiger partial charge >= 0.3 is 12.1 Å². The summed E-state index contributed by atoms with van der Waals surface area (Å²) in [5, 5.41) is 0. The van der Waals surface area contributed by atoms with Gasteiger partial charge in [0.2, 0.25) is 6.10 Å². The number of imide groups is 1. The topological polar surface area (TPSA) is 63.7 Å². The number of hydrogen-bond donors (Lipinski definition) is 0. The molecule has 0 unspecified atom stereocenters. The third-order valence-electron chi connectivity index (χ3n) is 4.18. The molecule has 2 aromatic carbocycles. The van der Waals surface area contributed by atoms with Crippen molar-refractivity contribution >= 4 is 17.8 Å². The Morgan fingerprint density at radius 3 is 2.04 bits per heavy atom. The Morgan fingerprint density at radius 1 is 1.00 bits per heavy atom. The summed E-state index contributed by atoms with van der Waals surface area (Å²) in [7, 11) is 0. The zero-order valence-corrected chi connectivity index (χ0v) is 14.1. The monoisotopic (exact) mass is 377 g/mol. The molecule has 140 valence electrons. The Morgan fingerprint density at radius 2 is 1.52 bits per heavy atom. The van der Waals surface area contributed by atoms with Gasteiger partial charge in [0.25, 0.3) is 11.8 Å². The van der Waals surface area contributed by atoms with E-state index in [2.05, 4.69) is 4.74 Å². The molecule has 8 heteroatoms. The average molecular weight is 377 g/mol. The Hall–Kier alpha value is -3.16. The van der Waals surface area contributed by atoms with Gasteiger partial charge in [0.1, 0.15) is 6.54 Å². The first-order valence-corrected chi connectivity index (χ1v) is 7.97. The van der Waals surface area contributed by atoms with Crippen LogP contribution in [0.15, 0.2) is 48.5 Å². The van der Waals surface area contributed by atoms with E-state index in [1.165, 1.54) is 37.3 Å². The van der Waals surface area contributed by atoms with Gasteiger partial charge in [-0.1, -0.05) is 36.4 Å². The molecule has 0 fully saturated rings. The predicted octanol–water partition coefficient (Wildman–Crippen LogP) is 3.44. The normalized spacial score (nSPS) is 14.9. The standard InChI is InChI=1S/C19H14F3NO4/c1-11-6-2-3-7-12(11)16(19(20,21)22)27-15(24)10-23-17(25)13-8-4-5-9-14(13)18(23)26/h2-9,16H,10H2,1H3/t16-/m1/s1. The van der Waals surface area contributed by atoms with Crippen LogP contribution in [0, 0.1) is 6.92 Å². The maximum atomic E-state index is 13.4. The Bertz CT molecular complexity index is 888. The molecule has 1 aliphatic rings. The number of hydrogen-bond acceptors (Lipinski definition) is 4. The molecule has 0 saturated heterocycles. The van der Waals surface area contributed by atoms with Crippen molar-refractivity contribution in [2.75, 3.05) is 6.54 Å². The van der Waals surface area contributed by atoms with Gasteiger partial charge in [-0.25, -0.2) is 0 Å². The van der Waals surface area contributed by atoms with Crippen molar-refractivity contribution in [1.29, 1.82) is 0 Å². The van der Waals surface area contributed by atoms with Gasteiger partial charge in [-0.3, -0.25) is 19.3 Å². The van der Waals surface area contributed by atoms with E-state index < -0.39 is 36.6 Å². The minimum atomic E-state index is -4.84. The van der Waals surface area contributed by atoms with Crippen molar-refractivity contribution in [3.63, 3.8) is 0 Å². The number of halogens is 3. The molecule has 0 radical (unpaired) electrons. The third-order valence-corrected chi connectivity index (χ3v) is 4.18. The van der Waals surface area contributed by atoms with Gasteiger partial charge in [0.15, 0.2) is 0 Å². The highest BCUT2D eigenvalue weighted by atomic mass is 19.4. The number of amides is 2. The highest BCUT2D eigenvalue weighted by molar-refractivity contribution is 6.22. The first kappa shape index (κ1) is 18.6. The van der Waals surface area contributed by atoms with E-state index in [9.17, 15) is 27.6 Å². The van der Waals surface area contributed by atoms with Crippen LogP contribution in [0.2, 0.25) is 0 Å². The second-order valence-corrected chi connectivity index (χ2v) is 6.01. The molecular formula is C19H14F3NO4. The smallest absolute Gasteiger partial charge is 0.429 e. The zero-order chi connectivity index (χ0) is 19.8. The van der Waals surface area contributed by atoms with Crippen LogP contribution in [0.25, 0.3) is 0 Å². The van der Waals surface area contributed by atoms with Crippen LogP contribution in [0.5, 0.6) is 0 Å². The zero-order valence-electron chi connectivity index (χ0n) is 14.1. The van der Waals surface area contributed by atoms with E-state index in [1.54, 1.807) is 18.2 Å². The first-order chi connectivity index (χ1) is 12.7. The number of benzene rings is 2. The Labute approximate surface area is 152 Å². The molecule has 2 amide bonds. The molecule has 2 aromatic rings. The summed E-state index contributed by atoms with van der Waals surface area (Å²) < 4.78 is 44.8. The molecule has 3 rings (SSSR count). The van der Waals surface area contributed by atoms with Crippen LogP contribution >= 0.6 is 0 Å². The number of alkyl halides is 3. The molecule has 1 aliphatic heterocycles. The molecule has 1 atom stereocenters. The number of ether oxygens (including phenoxy) is 1. The number of fused-ring (bicyclic) bond motifs is 1. The van der Waals surface area contributed by atoms with Gasteiger partial charge in [-0.2, -0.15) is 13.2 Å². The summed E-state index contributed by atoms with van der Waals surface area (Å²) in [5.41, 5.74) is 0.289. The van der Waals surface area contributed by atoms with Crippen molar-refractivity contribution < 1.29 is 32.3 Å². The van der Waals surface area contributed by atoms with Gasteiger partial charge in [-0.05, 0) is 24.6 Å². The van der Waals surface area contributed by atoms with E-state index in [1.807, 2.05) is 0 Å². The van der Waals surface area contributed by atoms with Crippen LogP contribution in [0.1, 0.15) is 37.9 Å². The van der Waals surface area contributed by atoms with Crippen LogP contribution < -0.4 is 0 Å². The van der Waals surface area contributed by atoms with Gasteiger partial charge in [0, 0.05) is 5.56 Å². The summed E-state index contributed by atoms with van der Waals surface area (Å²) in [6, 6.07) is 11.5. The maximum Gasteiger partial charge on any atom is 0.429 e. The highest BCUT2D eigenvalue weighted by Crippen LogP contribution is 2.37. The molecule has 0 aromatic heterocycles. The molecule has 1 heterocycles. The summed E-state index contributed by atoms with van der Waals surface area (Å²) in [6.45, 7) is 0.566. The number of esters is 1. The quantitative estimate of drug-likeness (QED) is 0.605. The van der Waals surface area contributed by atoms with Crippen molar-refractivity contribution in [2.24, 2.45) is 0 Å². The molecule has 0 N–H and O–H groups in total. The molecule has 0 saturated carbocycles. The van der Waals surface area contributed by atoms with E-state index >= 15 is 0 Å². The number of aryl methyl sites for hydroxylation is 1. The maximum absolute atomic E-state index is 13.4. The minimum absolute atomic E-state index is 0.0987. The second-order valence-electron chi connectivity index (χ2n) is 6.01. The Kier molecular flexibility index (Phi) is 4.73. The lowest BCUT2D eigenvalue weighted by Crippen LogP contribution is -2.37. The number of nitrogens with zero attached hydrogens (tertiary/aromatic N) is 1. The molecular weight excluding hydrogens is 363 g/mol. The number of carbonyl (C=O) groups is 3. The molecule has 0 aliphatic carbocycles. The van der Waals surface area contributed by atoms with Crippen LogP contribution in [0.4, 0.5) is 13.2 Å². The average Bonchev–Trinajstić information content (AvgIpc) is 2.85. The molecule has 0 spiro atoms. The fourth-order valence-electron chi connectivity index (χ4n) is 2.87. The van der Waals surface area contributed by atoms with E-state index in [4.69, 9.17) is 0 Å². The molecule has 0 bridgehead atoms. The predicted molar refractivity (Wildman–Crippen MR) is 87.9 cm³/mol. The largest absolute Gasteiger partial charge is 0.446 e. The molecule has 27 heavy (non-hydrogen) atoms. The van der Waals surface area contributed by atoms with E-state index in [-0.39, 0.29) is 16.7 Å². The summed E-state index contributed by atoms with van der Waals surface area (Å²) in [6.07, 6.45) is -7.33. The summed E-state index contributed by atoms with van der Waals surface area (Å²) in [4.78, 5) is 37.1. The van der Waals surface area contributed by atoms with Crippen molar-refractivity contribution in [2.45, 2.75) is 19.2 Å². The van der Waals surface area contributed by atoms with E-state index in [0.717, 1.165) is 0 Å². The van der Waals surface area contributed by atoms with Gasteiger partial charge < -0.3 is 4.74 Å². The molecule has 5 nitrogen and oxygen atoms in total. The SMILES string of the molecule is Cc1ccccc1[C@@H](OC(=O)CN1C(=O)c2ccccc2C1=O)C(F)(F)F. The van der Waals surface area contributed by atoms with Crippen LogP contribution in [-0.4, -0.2) is 35.4 Å². The lowest BCUT2D eigenvalue weighted by atomic mass is 10.0. The highest BCUT2D eigenvalue weighted by Gasteiger charge is 2.45. The lowest BCUT2D eigenvalue weighted by molar-refractivity contribution is -0.224. The van der Waals surface area contributed by atoms with Crippen molar-refractivity contribution in [1.82, 2.24) is 4.90 Å². The summed E-state index contributed by atoms with van der Waals surface area (Å²) in [5.74, 6) is -2.81. The second kappa shape index (κ2) is 6.86. The Balaban J connectivity index is 1.79. The summed E-state index contributed by atoms with van der Waals surface area (Å²) >= 11 is 0. The lowest BCUT2D eigenvalue weighted by Gasteiger charge is -2.23. The first-order valence-electron chi connectivity index (χ1n) is 7.97. The fraction of sp³-hybridized carbons (Fsp3) is 0.211. The fourth-order valence-corrected chi connectivity index (χ4v) is 2.87.